The molecule has 0 aliphatic carbocycles. The summed E-state index contributed by atoms with van der Waals surface area (Å²) in [5.74, 6) is 0. The van der Waals surface area contributed by atoms with Crippen LogP contribution < -0.4 is 0 Å². The lowest BCUT2D eigenvalue weighted by molar-refractivity contribution is 1.000. The average molecular weight is 263 g/mol. The summed E-state index contributed by atoms with van der Waals surface area (Å²) in [6.45, 7) is 12.3. The van der Waals surface area contributed by atoms with Gasteiger partial charge >= 0.3 is 0 Å². The minimum atomic E-state index is 0.973. The molecule has 0 N–H and O–H groups in total. The fourth-order valence-electron chi connectivity index (χ4n) is 2.24. The van der Waals surface area contributed by atoms with E-state index in [1.54, 1.807) is 6.20 Å². The van der Waals surface area contributed by atoms with Crippen molar-refractivity contribution in [3.63, 3.8) is 0 Å². The Bertz CT molecular complexity index is 623. The number of hydrogen-bond acceptors (Lipinski definition) is 1. The van der Waals surface area contributed by atoms with Crippen LogP contribution in [0.25, 0.3) is 16.7 Å². The Kier molecular flexibility index (Phi) is 4.52. The maximum atomic E-state index is 4.19. The molecule has 1 heterocycles. The van der Waals surface area contributed by atoms with Gasteiger partial charge in [-0.15, -0.1) is 6.58 Å². The van der Waals surface area contributed by atoms with Crippen molar-refractivity contribution in [1.29, 1.82) is 0 Å². The highest BCUT2D eigenvalue weighted by Crippen LogP contribution is 2.27. The lowest BCUT2D eigenvalue weighted by Gasteiger charge is -2.11. The van der Waals surface area contributed by atoms with Gasteiger partial charge in [0.1, 0.15) is 0 Å². The quantitative estimate of drug-likeness (QED) is 0.656. The smallest absolute Gasteiger partial charge is 0.0346 e. The molecule has 1 heteroatoms. The third-order valence-corrected chi connectivity index (χ3v) is 3.46. The molecule has 0 atom stereocenters. The number of rotatable bonds is 5. The van der Waals surface area contributed by atoms with Crippen molar-refractivity contribution >= 4 is 5.57 Å². The highest BCUT2D eigenvalue weighted by atomic mass is 14.6. The van der Waals surface area contributed by atoms with Gasteiger partial charge in [-0.05, 0) is 55.0 Å². The third-order valence-electron chi connectivity index (χ3n) is 3.46. The van der Waals surface area contributed by atoms with Crippen LogP contribution >= 0.6 is 0 Å². The van der Waals surface area contributed by atoms with Crippen molar-refractivity contribution in [3.8, 4) is 11.1 Å². The van der Waals surface area contributed by atoms with Crippen molar-refractivity contribution in [3.05, 3.63) is 72.6 Å². The van der Waals surface area contributed by atoms with E-state index in [-0.39, 0.29) is 0 Å². The van der Waals surface area contributed by atoms with Crippen molar-refractivity contribution in [2.75, 3.05) is 0 Å². The highest BCUT2D eigenvalue weighted by Gasteiger charge is 2.05. The molecule has 0 saturated carbocycles. The van der Waals surface area contributed by atoms with E-state index >= 15 is 0 Å². The molecule has 0 saturated heterocycles. The van der Waals surface area contributed by atoms with Gasteiger partial charge in [-0.1, -0.05) is 36.4 Å². The standard InChI is InChI=1S/C19H21N/c1-14(2)7-8-15(3)17-9-10-19(16(4)12-17)18-6-5-11-20-13-18/h5-6,9-13H,1,3,7-8H2,2,4H3. The largest absolute Gasteiger partial charge is 0.264 e. The first-order valence-electron chi connectivity index (χ1n) is 6.91. The van der Waals surface area contributed by atoms with Gasteiger partial charge in [-0.2, -0.15) is 0 Å². The Hall–Kier alpha value is -2.15. The van der Waals surface area contributed by atoms with Crippen LogP contribution in [0.5, 0.6) is 0 Å². The van der Waals surface area contributed by atoms with E-state index < -0.39 is 0 Å². The maximum absolute atomic E-state index is 4.19. The van der Waals surface area contributed by atoms with Crippen LogP contribution in [0.4, 0.5) is 0 Å². The predicted molar refractivity (Wildman–Crippen MR) is 87.5 cm³/mol. The summed E-state index contributed by atoms with van der Waals surface area (Å²) >= 11 is 0. The van der Waals surface area contributed by atoms with Gasteiger partial charge in [0, 0.05) is 18.0 Å². The minimum Gasteiger partial charge on any atom is -0.264 e. The van der Waals surface area contributed by atoms with Crippen molar-refractivity contribution < 1.29 is 0 Å². The zero-order valence-corrected chi connectivity index (χ0v) is 12.3. The molecule has 0 amide bonds. The number of aryl methyl sites for hydroxylation is 1. The lowest BCUT2D eigenvalue weighted by atomic mass is 9.95. The first-order valence-corrected chi connectivity index (χ1v) is 6.91. The Labute approximate surface area is 121 Å². The average Bonchev–Trinajstić information content (AvgIpc) is 2.45. The summed E-state index contributed by atoms with van der Waals surface area (Å²) in [4.78, 5) is 4.18. The molecule has 2 aromatic rings. The first-order chi connectivity index (χ1) is 9.58. The van der Waals surface area contributed by atoms with E-state index in [1.165, 1.54) is 27.8 Å². The molecular formula is C19H21N. The Morgan fingerprint density at radius 3 is 2.55 bits per heavy atom. The number of allylic oxidation sites excluding steroid dienone is 2. The van der Waals surface area contributed by atoms with Crippen LogP contribution in [0.3, 0.4) is 0 Å². The number of benzene rings is 1. The molecule has 0 radical (unpaired) electrons. The molecule has 0 fully saturated rings. The Morgan fingerprint density at radius 1 is 1.15 bits per heavy atom. The second-order valence-electron chi connectivity index (χ2n) is 5.33. The molecular weight excluding hydrogens is 242 g/mol. The summed E-state index contributed by atoms with van der Waals surface area (Å²) in [6.07, 6.45) is 5.67. The van der Waals surface area contributed by atoms with E-state index in [0.717, 1.165) is 18.4 Å². The van der Waals surface area contributed by atoms with Crippen molar-refractivity contribution in [1.82, 2.24) is 4.98 Å². The molecule has 1 nitrogen and oxygen atoms in total. The SMILES string of the molecule is C=C(C)CCC(=C)c1ccc(-c2cccnc2)c(C)c1. The highest BCUT2D eigenvalue weighted by molar-refractivity contribution is 5.72. The third kappa shape index (κ3) is 3.45. The number of hydrogen-bond donors (Lipinski definition) is 0. The molecule has 0 spiro atoms. The van der Waals surface area contributed by atoms with Gasteiger partial charge in [0.15, 0.2) is 0 Å². The summed E-state index contributed by atoms with van der Waals surface area (Å²) in [5.41, 5.74) is 7.24. The van der Waals surface area contributed by atoms with E-state index in [4.69, 9.17) is 0 Å². The molecule has 1 aromatic carbocycles. The number of pyridine rings is 1. The summed E-state index contributed by atoms with van der Waals surface area (Å²) < 4.78 is 0. The molecule has 0 aliphatic heterocycles. The molecule has 102 valence electrons. The summed E-state index contributed by atoms with van der Waals surface area (Å²) in [7, 11) is 0. The van der Waals surface area contributed by atoms with Gasteiger partial charge in [-0.25, -0.2) is 0 Å². The summed E-state index contributed by atoms with van der Waals surface area (Å²) in [6, 6.07) is 10.6. The maximum Gasteiger partial charge on any atom is 0.0346 e. The van der Waals surface area contributed by atoms with Crippen molar-refractivity contribution in [2.45, 2.75) is 26.7 Å². The van der Waals surface area contributed by atoms with Gasteiger partial charge in [0.05, 0.1) is 0 Å². The molecule has 2 rings (SSSR count). The topological polar surface area (TPSA) is 12.9 Å². The molecule has 0 bridgehead atoms. The molecule has 0 aliphatic rings. The second kappa shape index (κ2) is 6.33. The number of aromatic nitrogens is 1. The zero-order valence-electron chi connectivity index (χ0n) is 12.3. The summed E-state index contributed by atoms with van der Waals surface area (Å²) in [5, 5.41) is 0. The Morgan fingerprint density at radius 2 is 1.95 bits per heavy atom. The van der Waals surface area contributed by atoms with Crippen LogP contribution in [0, 0.1) is 6.92 Å². The lowest BCUT2D eigenvalue weighted by Crippen LogP contribution is -1.89. The number of nitrogens with zero attached hydrogens (tertiary/aromatic N) is 1. The van der Waals surface area contributed by atoms with E-state index in [1.807, 2.05) is 12.3 Å². The van der Waals surface area contributed by atoms with Crippen LogP contribution in [-0.2, 0) is 0 Å². The van der Waals surface area contributed by atoms with Gasteiger partial charge < -0.3 is 0 Å². The van der Waals surface area contributed by atoms with E-state index in [0.29, 0.717) is 0 Å². The van der Waals surface area contributed by atoms with Gasteiger partial charge in [0.25, 0.3) is 0 Å². The molecule has 1 aromatic heterocycles. The van der Waals surface area contributed by atoms with Gasteiger partial charge in [-0.3, -0.25) is 4.98 Å². The van der Waals surface area contributed by atoms with E-state index in [2.05, 4.69) is 56.3 Å². The fraction of sp³-hybridized carbons (Fsp3) is 0.211. The minimum absolute atomic E-state index is 0.973. The Balaban J connectivity index is 2.22. The zero-order chi connectivity index (χ0) is 14.5. The van der Waals surface area contributed by atoms with Crippen molar-refractivity contribution in [2.24, 2.45) is 0 Å². The van der Waals surface area contributed by atoms with Gasteiger partial charge in [0.2, 0.25) is 0 Å². The normalized spacial score (nSPS) is 10.3. The second-order valence-corrected chi connectivity index (χ2v) is 5.33. The monoisotopic (exact) mass is 263 g/mol. The van der Waals surface area contributed by atoms with Crippen LogP contribution in [0.2, 0.25) is 0 Å². The molecule has 0 unspecified atom stereocenters. The first kappa shape index (κ1) is 14.3. The van der Waals surface area contributed by atoms with Crippen LogP contribution in [0.15, 0.2) is 61.5 Å². The fourth-order valence-corrected chi connectivity index (χ4v) is 2.24. The van der Waals surface area contributed by atoms with Crippen LogP contribution in [-0.4, -0.2) is 4.98 Å². The predicted octanol–water partition coefficient (Wildman–Crippen LogP) is 5.43. The molecule has 20 heavy (non-hydrogen) atoms. The van der Waals surface area contributed by atoms with E-state index in [9.17, 15) is 0 Å². The van der Waals surface area contributed by atoms with Crippen LogP contribution in [0.1, 0.15) is 30.9 Å².